The van der Waals surface area contributed by atoms with Gasteiger partial charge in [0.15, 0.2) is 5.82 Å². The van der Waals surface area contributed by atoms with Crippen molar-refractivity contribution >= 4 is 11.9 Å². The van der Waals surface area contributed by atoms with Gasteiger partial charge in [0.25, 0.3) is 0 Å². The van der Waals surface area contributed by atoms with Gasteiger partial charge in [0.1, 0.15) is 17.8 Å². The van der Waals surface area contributed by atoms with Crippen molar-refractivity contribution in [3.8, 4) is 0 Å². The Morgan fingerprint density at radius 2 is 2.07 bits per heavy atom. The second kappa shape index (κ2) is 8.71. The molecule has 2 heterocycles. The Labute approximate surface area is 169 Å². The standard InChI is InChI=1S/C20H27N5O4/c1-20(2,21)19(28)22-15(12-29-11-13-7-4-3-5-8-13)17-24-23-16-14(18(26)27)9-6-10-25(16)17/h3-5,7-8,14-15H,6,9-12,21H2,1-2H3,(H,22,28)(H,26,27). The number of carboxylic acid groups (broad SMARTS) is 1. The lowest BCUT2D eigenvalue weighted by Gasteiger charge is -2.26. The Bertz CT molecular complexity index is 860. The molecule has 0 bridgehead atoms. The summed E-state index contributed by atoms with van der Waals surface area (Å²) in [5, 5.41) is 20.7. The summed E-state index contributed by atoms with van der Waals surface area (Å²) in [6, 6.07) is 9.09. The normalized spacial score (nSPS) is 17.4. The molecule has 2 atom stereocenters. The van der Waals surface area contributed by atoms with Crippen LogP contribution in [0.4, 0.5) is 0 Å². The Morgan fingerprint density at radius 3 is 2.72 bits per heavy atom. The number of rotatable bonds is 8. The van der Waals surface area contributed by atoms with Crippen molar-refractivity contribution < 1.29 is 19.4 Å². The fourth-order valence-corrected chi connectivity index (χ4v) is 3.28. The van der Waals surface area contributed by atoms with Gasteiger partial charge in [-0.2, -0.15) is 0 Å². The molecular formula is C20H27N5O4. The first kappa shape index (κ1) is 20.9. The number of carbonyl (C=O) groups excluding carboxylic acids is 1. The topological polar surface area (TPSA) is 132 Å². The van der Waals surface area contributed by atoms with E-state index in [0.717, 1.165) is 5.56 Å². The second-order valence-corrected chi connectivity index (χ2v) is 7.85. The molecule has 1 amide bonds. The molecule has 3 rings (SSSR count). The molecule has 2 unspecified atom stereocenters. The van der Waals surface area contributed by atoms with Crippen molar-refractivity contribution in [3.05, 3.63) is 47.5 Å². The molecular weight excluding hydrogens is 374 g/mol. The molecule has 4 N–H and O–H groups in total. The number of fused-ring (bicyclic) bond motifs is 1. The lowest BCUT2D eigenvalue weighted by molar-refractivity contribution is -0.139. The van der Waals surface area contributed by atoms with Crippen LogP contribution in [0, 0.1) is 0 Å². The van der Waals surface area contributed by atoms with Crippen molar-refractivity contribution in [1.82, 2.24) is 20.1 Å². The van der Waals surface area contributed by atoms with Gasteiger partial charge in [-0.3, -0.25) is 9.59 Å². The van der Waals surface area contributed by atoms with Crippen molar-refractivity contribution in [2.24, 2.45) is 5.73 Å². The van der Waals surface area contributed by atoms with Gasteiger partial charge < -0.3 is 25.5 Å². The highest BCUT2D eigenvalue weighted by atomic mass is 16.5. The van der Waals surface area contributed by atoms with Crippen LogP contribution in [0.25, 0.3) is 0 Å². The third-order valence-corrected chi connectivity index (χ3v) is 4.89. The summed E-state index contributed by atoms with van der Waals surface area (Å²) in [4.78, 5) is 24.0. The van der Waals surface area contributed by atoms with Crippen molar-refractivity contribution in [2.75, 3.05) is 6.61 Å². The molecule has 1 aliphatic rings. The van der Waals surface area contributed by atoms with Crippen LogP contribution in [0.3, 0.4) is 0 Å². The molecule has 0 saturated heterocycles. The third-order valence-electron chi connectivity index (χ3n) is 4.89. The molecule has 0 saturated carbocycles. The summed E-state index contributed by atoms with van der Waals surface area (Å²) >= 11 is 0. The molecule has 1 aromatic carbocycles. The summed E-state index contributed by atoms with van der Waals surface area (Å²) in [6.45, 7) is 4.36. The van der Waals surface area contributed by atoms with Crippen LogP contribution in [0.1, 0.15) is 55.9 Å². The Balaban J connectivity index is 1.81. The molecule has 0 spiro atoms. The number of ether oxygens (including phenoxy) is 1. The van der Waals surface area contributed by atoms with Gasteiger partial charge in [-0.1, -0.05) is 30.3 Å². The fourth-order valence-electron chi connectivity index (χ4n) is 3.28. The molecule has 0 radical (unpaired) electrons. The van der Waals surface area contributed by atoms with E-state index in [1.807, 2.05) is 30.3 Å². The molecule has 0 aliphatic carbocycles. The number of carbonyl (C=O) groups is 2. The van der Waals surface area contributed by atoms with Gasteiger partial charge >= 0.3 is 5.97 Å². The highest BCUT2D eigenvalue weighted by Gasteiger charge is 2.34. The smallest absolute Gasteiger partial charge is 0.314 e. The van der Waals surface area contributed by atoms with Crippen molar-refractivity contribution in [1.29, 1.82) is 0 Å². The van der Waals surface area contributed by atoms with Crippen LogP contribution in [-0.2, 0) is 27.5 Å². The predicted octanol–water partition coefficient (Wildman–Crippen LogP) is 1.35. The summed E-state index contributed by atoms with van der Waals surface area (Å²) < 4.78 is 7.61. The average molecular weight is 401 g/mol. The van der Waals surface area contributed by atoms with E-state index in [-0.39, 0.29) is 12.5 Å². The lowest BCUT2D eigenvalue weighted by Crippen LogP contribution is -2.51. The van der Waals surface area contributed by atoms with Gasteiger partial charge in [-0.25, -0.2) is 0 Å². The highest BCUT2D eigenvalue weighted by Crippen LogP contribution is 2.28. The highest BCUT2D eigenvalue weighted by molar-refractivity contribution is 5.85. The van der Waals surface area contributed by atoms with Crippen LogP contribution in [0.5, 0.6) is 0 Å². The first-order chi connectivity index (χ1) is 13.8. The molecule has 156 valence electrons. The van der Waals surface area contributed by atoms with Gasteiger partial charge in [0.2, 0.25) is 5.91 Å². The fraction of sp³-hybridized carbons (Fsp3) is 0.500. The minimum atomic E-state index is -1.08. The van der Waals surface area contributed by atoms with E-state index >= 15 is 0 Å². The first-order valence-corrected chi connectivity index (χ1v) is 9.64. The number of carboxylic acids is 1. The zero-order valence-electron chi connectivity index (χ0n) is 16.7. The largest absolute Gasteiger partial charge is 0.481 e. The zero-order valence-corrected chi connectivity index (χ0v) is 16.7. The lowest BCUT2D eigenvalue weighted by atomic mass is 9.99. The molecule has 9 nitrogen and oxygen atoms in total. The molecule has 0 fully saturated rings. The number of nitrogens with one attached hydrogen (secondary N) is 1. The number of nitrogens with two attached hydrogens (primary N) is 1. The molecule has 1 aliphatic heterocycles. The molecule has 29 heavy (non-hydrogen) atoms. The van der Waals surface area contributed by atoms with Gasteiger partial charge in [-0.05, 0) is 32.3 Å². The number of hydrogen-bond acceptors (Lipinski definition) is 6. The van der Waals surface area contributed by atoms with Crippen molar-refractivity contribution in [2.45, 2.75) is 57.3 Å². The van der Waals surface area contributed by atoms with Crippen molar-refractivity contribution in [3.63, 3.8) is 0 Å². The monoisotopic (exact) mass is 401 g/mol. The average Bonchev–Trinajstić information content (AvgIpc) is 3.11. The van der Waals surface area contributed by atoms with Crippen LogP contribution in [0.15, 0.2) is 30.3 Å². The van der Waals surface area contributed by atoms with Gasteiger partial charge in [0.05, 0.1) is 18.8 Å². The minimum Gasteiger partial charge on any atom is -0.481 e. The van der Waals surface area contributed by atoms with Crippen LogP contribution < -0.4 is 11.1 Å². The van der Waals surface area contributed by atoms with Crippen LogP contribution >= 0.6 is 0 Å². The van der Waals surface area contributed by atoms with Crippen LogP contribution in [0.2, 0.25) is 0 Å². The number of aromatic nitrogens is 3. The Hall–Kier alpha value is -2.78. The quantitative estimate of drug-likeness (QED) is 0.608. The maximum Gasteiger partial charge on any atom is 0.314 e. The molecule has 1 aromatic heterocycles. The SMILES string of the molecule is CC(C)(N)C(=O)NC(COCc1ccccc1)c1nnc2n1CCCC2C(=O)O. The van der Waals surface area contributed by atoms with E-state index in [9.17, 15) is 14.7 Å². The van der Waals surface area contributed by atoms with E-state index in [1.165, 1.54) is 0 Å². The Morgan fingerprint density at radius 1 is 1.34 bits per heavy atom. The third kappa shape index (κ3) is 4.99. The van der Waals surface area contributed by atoms with E-state index in [4.69, 9.17) is 10.5 Å². The van der Waals surface area contributed by atoms with E-state index in [1.54, 1.807) is 18.4 Å². The summed E-state index contributed by atoms with van der Waals surface area (Å²) in [5.41, 5.74) is 5.85. The number of amides is 1. The van der Waals surface area contributed by atoms with E-state index in [0.29, 0.717) is 37.6 Å². The number of hydrogen-bond donors (Lipinski definition) is 3. The second-order valence-electron chi connectivity index (χ2n) is 7.85. The maximum atomic E-state index is 12.5. The molecule has 2 aromatic rings. The van der Waals surface area contributed by atoms with E-state index in [2.05, 4.69) is 15.5 Å². The molecule has 9 heteroatoms. The van der Waals surface area contributed by atoms with Crippen LogP contribution in [-0.4, -0.2) is 43.9 Å². The minimum absolute atomic E-state index is 0.159. The Kier molecular flexibility index (Phi) is 6.29. The van der Waals surface area contributed by atoms with E-state index < -0.39 is 23.5 Å². The summed E-state index contributed by atoms with van der Waals surface area (Å²) in [6.07, 6.45) is 1.22. The summed E-state index contributed by atoms with van der Waals surface area (Å²) in [7, 11) is 0. The zero-order chi connectivity index (χ0) is 21.0. The summed E-state index contributed by atoms with van der Waals surface area (Å²) in [5.74, 6) is -1.08. The predicted molar refractivity (Wildman–Crippen MR) is 105 cm³/mol. The van der Waals surface area contributed by atoms with Gasteiger partial charge in [-0.15, -0.1) is 10.2 Å². The number of benzene rings is 1. The maximum absolute atomic E-state index is 12.5. The number of nitrogens with zero attached hydrogens (tertiary/aromatic N) is 3. The van der Waals surface area contributed by atoms with Gasteiger partial charge in [0, 0.05) is 6.54 Å². The number of aliphatic carboxylic acids is 1. The first-order valence-electron chi connectivity index (χ1n) is 9.64.